The van der Waals surface area contributed by atoms with E-state index in [-0.39, 0.29) is 0 Å². The van der Waals surface area contributed by atoms with E-state index < -0.39 is 0 Å². The van der Waals surface area contributed by atoms with Crippen LogP contribution >= 0.6 is 0 Å². The Morgan fingerprint density at radius 2 is 1.42 bits per heavy atom. The Balaban J connectivity index is 1.92. The van der Waals surface area contributed by atoms with Gasteiger partial charge in [-0.05, 0) is 25.7 Å². The van der Waals surface area contributed by atoms with Crippen LogP contribution in [0.4, 0.5) is 0 Å². The maximum atomic E-state index is 3.80. The summed E-state index contributed by atoms with van der Waals surface area (Å²) in [6.07, 6.45) is 14.6. The second kappa shape index (κ2) is 2.14. The molecule has 66 valence electrons. The van der Waals surface area contributed by atoms with Crippen LogP contribution in [0.1, 0.15) is 44.9 Å². The van der Waals surface area contributed by atoms with E-state index >= 15 is 0 Å². The molecule has 12 heavy (non-hydrogen) atoms. The van der Waals surface area contributed by atoms with Crippen LogP contribution < -0.4 is 5.32 Å². The van der Waals surface area contributed by atoms with Crippen LogP contribution in [0.25, 0.3) is 0 Å². The first kappa shape index (κ1) is 7.14. The smallest absolute Gasteiger partial charge is 0.0407 e. The van der Waals surface area contributed by atoms with Gasteiger partial charge in [0.05, 0.1) is 0 Å². The molecule has 0 aromatic rings. The number of hydrogen-bond donors (Lipinski definition) is 1. The molecule has 2 fully saturated rings. The van der Waals surface area contributed by atoms with Crippen molar-refractivity contribution < 1.29 is 0 Å². The zero-order valence-corrected chi connectivity index (χ0v) is 7.60. The van der Waals surface area contributed by atoms with Gasteiger partial charge in [0.25, 0.3) is 0 Å². The molecule has 1 nitrogen and oxygen atoms in total. The second-order valence-electron chi connectivity index (χ2n) is 4.73. The summed E-state index contributed by atoms with van der Waals surface area (Å²) in [6.45, 7) is 0. The van der Waals surface area contributed by atoms with Crippen molar-refractivity contribution in [3.8, 4) is 0 Å². The summed E-state index contributed by atoms with van der Waals surface area (Å²) in [7, 11) is 0. The summed E-state index contributed by atoms with van der Waals surface area (Å²) < 4.78 is 0. The molecule has 0 radical (unpaired) electrons. The maximum Gasteiger partial charge on any atom is 0.0407 e. The van der Waals surface area contributed by atoms with E-state index in [1.807, 2.05) is 0 Å². The molecule has 1 saturated carbocycles. The molecule has 0 amide bonds. The van der Waals surface area contributed by atoms with Crippen molar-refractivity contribution in [2.24, 2.45) is 0 Å². The number of hydrogen-bond acceptors (Lipinski definition) is 1. The molecule has 0 aromatic heterocycles. The number of rotatable bonds is 0. The highest BCUT2D eigenvalue weighted by Gasteiger charge is 2.65. The molecule has 0 bridgehead atoms. The Hall–Kier alpha value is -0.300. The topological polar surface area (TPSA) is 21.9 Å². The van der Waals surface area contributed by atoms with E-state index in [1.165, 1.54) is 44.9 Å². The van der Waals surface area contributed by atoms with E-state index in [0.717, 1.165) is 0 Å². The lowest BCUT2D eigenvalue weighted by atomic mass is 9.80. The predicted octanol–water partition coefficient (Wildman–Crippen LogP) is 2.38. The first-order chi connectivity index (χ1) is 5.87. The van der Waals surface area contributed by atoms with Gasteiger partial charge < -0.3 is 5.32 Å². The fraction of sp³-hybridized carbons (Fsp3) is 0.818. The van der Waals surface area contributed by atoms with Crippen LogP contribution in [-0.2, 0) is 0 Å². The SMILES string of the molecule is C1=CCC23CCCCCC2(C1)N3. The summed E-state index contributed by atoms with van der Waals surface area (Å²) >= 11 is 0. The van der Waals surface area contributed by atoms with Crippen LogP contribution in [-0.4, -0.2) is 11.1 Å². The Kier molecular flexibility index (Phi) is 1.27. The standard InChI is InChI=1S/C11H17N/c1-2-6-10-8-4-5-9-11(10,12-10)7-3-1/h4-5,12H,1-3,6-9H2. The van der Waals surface area contributed by atoms with Crippen LogP contribution in [0.15, 0.2) is 12.2 Å². The highest BCUT2D eigenvalue weighted by atomic mass is 15.3. The summed E-state index contributed by atoms with van der Waals surface area (Å²) in [4.78, 5) is 0. The van der Waals surface area contributed by atoms with Crippen molar-refractivity contribution in [3.05, 3.63) is 12.2 Å². The van der Waals surface area contributed by atoms with Crippen molar-refractivity contribution in [2.75, 3.05) is 0 Å². The third kappa shape index (κ3) is 0.731. The van der Waals surface area contributed by atoms with Gasteiger partial charge in [-0.25, -0.2) is 0 Å². The summed E-state index contributed by atoms with van der Waals surface area (Å²) in [5.41, 5.74) is 1.14. The van der Waals surface area contributed by atoms with Crippen molar-refractivity contribution in [3.63, 3.8) is 0 Å². The van der Waals surface area contributed by atoms with Gasteiger partial charge in [0.1, 0.15) is 0 Å². The molecule has 2 atom stereocenters. The van der Waals surface area contributed by atoms with Gasteiger partial charge in [0, 0.05) is 11.1 Å². The third-order valence-corrected chi connectivity index (χ3v) is 4.14. The Labute approximate surface area is 74.2 Å². The average molecular weight is 163 g/mol. The minimum atomic E-state index is 0.568. The summed E-state index contributed by atoms with van der Waals surface area (Å²) in [5.74, 6) is 0. The number of nitrogens with one attached hydrogen (secondary N) is 1. The molecule has 0 aromatic carbocycles. The van der Waals surface area contributed by atoms with Crippen molar-refractivity contribution >= 4 is 0 Å². The summed E-state index contributed by atoms with van der Waals surface area (Å²) in [6, 6.07) is 0. The van der Waals surface area contributed by atoms with Gasteiger partial charge in [-0.2, -0.15) is 0 Å². The second-order valence-corrected chi connectivity index (χ2v) is 4.73. The minimum Gasteiger partial charge on any atom is -0.302 e. The van der Waals surface area contributed by atoms with E-state index in [2.05, 4.69) is 17.5 Å². The van der Waals surface area contributed by atoms with Gasteiger partial charge in [0.2, 0.25) is 0 Å². The van der Waals surface area contributed by atoms with E-state index in [1.54, 1.807) is 0 Å². The quantitative estimate of drug-likeness (QED) is 0.430. The molecule has 1 aliphatic heterocycles. The third-order valence-electron chi connectivity index (χ3n) is 4.14. The molecule has 1 heterocycles. The lowest BCUT2D eigenvalue weighted by molar-refractivity contribution is 0.466. The van der Waals surface area contributed by atoms with Crippen LogP contribution in [0.3, 0.4) is 0 Å². The average Bonchev–Trinajstić information content (AvgIpc) is 2.73. The van der Waals surface area contributed by atoms with Crippen LogP contribution in [0.5, 0.6) is 0 Å². The lowest BCUT2D eigenvalue weighted by Gasteiger charge is -2.21. The largest absolute Gasteiger partial charge is 0.302 e. The molecule has 2 aliphatic carbocycles. The van der Waals surface area contributed by atoms with Gasteiger partial charge in [0.15, 0.2) is 0 Å². The molecular formula is C11H17N. The van der Waals surface area contributed by atoms with Crippen molar-refractivity contribution in [1.29, 1.82) is 0 Å². The zero-order valence-electron chi connectivity index (χ0n) is 7.60. The molecule has 2 unspecified atom stereocenters. The Morgan fingerprint density at radius 3 is 2.00 bits per heavy atom. The Bertz CT molecular complexity index is 211. The maximum absolute atomic E-state index is 3.80. The fourth-order valence-electron chi connectivity index (χ4n) is 3.33. The Morgan fingerprint density at radius 1 is 0.833 bits per heavy atom. The van der Waals surface area contributed by atoms with E-state index in [4.69, 9.17) is 0 Å². The lowest BCUT2D eigenvalue weighted by Crippen LogP contribution is -2.26. The van der Waals surface area contributed by atoms with E-state index in [9.17, 15) is 0 Å². The van der Waals surface area contributed by atoms with Crippen LogP contribution in [0.2, 0.25) is 0 Å². The van der Waals surface area contributed by atoms with Crippen LogP contribution in [0, 0.1) is 0 Å². The molecule has 0 spiro atoms. The van der Waals surface area contributed by atoms with Gasteiger partial charge >= 0.3 is 0 Å². The monoisotopic (exact) mass is 163 g/mol. The molecule has 1 heteroatoms. The fourth-order valence-corrected chi connectivity index (χ4v) is 3.33. The first-order valence-electron chi connectivity index (χ1n) is 5.31. The normalized spacial score (nSPS) is 50.7. The molecular weight excluding hydrogens is 146 g/mol. The van der Waals surface area contributed by atoms with Gasteiger partial charge in [-0.3, -0.25) is 0 Å². The molecule has 1 N–H and O–H groups in total. The molecule has 1 saturated heterocycles. The van der Waals surface area contributed by atoms with E-state index in [0.29, 0.717) is 11.1 Å². The highest BCUT2D eigenvalue weighted by molar-refractivity contribution is 5.32. The van der Waals surface area contributed by atoms with Gasteiger partial charge in [-0.15, -0.1) is 0 Å². The molecule has 3 rings (SSSR count). The highest BCUT2D eigenvalue weighted by Crippen LogP contribution is 2.54. The van der Waals surface area contributed by atoms with Crippen molar-refractivity contribution in [2.45, 2.75) is 56.0 Å². The van der Waals surface area contributed by atoms with Crippen molar-refractivity contribution in [1.82, 2.24) is 5.32 Å². The minimum absolute atomic E-state index is 0.568. The van der Waals surface area contributed by atoms with Gasteiger partial charge in [-0.1, -0.05) is 31.4 Å². The summed E-state index contributed by atoms with van der Waals surface area (Å²) in [5, 5.41) is 3.80. The first-order valence-corrected chi connectivity index (χ1v) is 5.31. The molecule has 3 aliphatic rings. The zero-order chi connectivity index (χ0) is 8.07. The predicted molar refractivity (Wildman–Crippen MR) is 50.1 cm³/mol.